The second kappa shape index (κ2) is 5.59. The minimum absolute atomic E-state index is 0. The van der Waals surface area contributed by atoms with Gasteiger partial charge in [-0.2, -0.15) is 0 Å². The van der Waals surface area contributed by atoms with Gasteiger partial charge in [-0.05, 0) is 13.8 Å². The van der Waals surface area contributed by atoms with Gasteiger partial charge in [-0.25, -0.2) is 8.42 Å². The Kier molecular flexibility index (Phi) is 6.97. The van der Waals surface area contributed by atoms with Gasteiger partial charge in [0.05, 0.1) is 6.26 Å². The molecule has 0 amide bonds. The van der Waals surface area contributed by atoms with Crippen LogP contribution in [0.3, 0.4) is 0 Å². The number of carbonyl (C=O) groups excluding carboxylic acids is 1. The van der Waals surface area contributed by atoms with Gasteiger partial charge in [0.25, 0.3) is 0 Å². The van der Waals surface area contributed by atoms with Gasteiger partial charge in [0.1, 0.15) is 10.1 Å². The van der Waals surface area contributed by atoms with Crippen LogP contribution in [0.15, 0.2) is 12.8 Å². The molecule has 13 heavy (non-hydrogen) atoms. The zero-order valence-electron chi connectivity index (χ0n) is 7.73. The Labute approximate surface area is 120 Å². The Morgan fingerprint density at radius 3 is 2.15 bits per heavy atom. The number of esters is 1. The van der Waals surface area contributed by atoms with Gasteiger partial charge in [-0.3, -0.25) is 4.79 Å². The number of hydrogen-bond acceptors (Lipinski definition) is 5. The molecular weight excluding hydrogens is 223 g/mol. The van der Waals surface area contributed by atoms with Gasteiger partial charge in [-0.15, -0.1) is 0 Å². The first kappa shape index (κ1) is 16.2. The van der Waals surface area contributed by atoms with Crippen molar-refractivity contribution < 1.29 is 73.9 Å². The molecule has 0 aliphatic rings. The molecule has 0 heterocycles. The minimum atomic E-state index is -4.70. The molecule has 0 aliphatic heterocycles. The van der Waals surface area contributed by atoms with Crippen LogP contribution in [-0.2, 0) is 19.6 Å². The fraction of sp³-hybridized carbons (Fsp3) is 0.500. The quantitative estimate of drug-likeness (QED) is 0.224. The molecule has 0 rings (SSSR count). The summed E-state index contributed by atoms with van der Waals surface area (Å²) < 4.78 is 33.5. The first-order valence-corrected chi connectivity index (χ1v) is 4.41. The number of carbonyl (C=O) groups is 1. The molecule has 5 nitrogen and oxygen atoms in total. The molecule has 0 unspecified atom stereocenters. The molecule has 0 aromatic heterocycles. The van der Waals surface area contributed by atoms with E-state index < -0.39 is 20.8 Å². The molecule has 0 fully saturated rings. The van der Waals surface area contributed by atoms with Gasteiger partial charge in [0, 0.05) is 0 Å². The largest absolute Gasteiger partial charge is 1.00 e. The molecule has 0 aliphatic carbocycles. The zero-order valence-corrected chi connectivity index (χ0v) is 11.7. The van der Waals surface area contributed by atoms with Crippen LogP contribution >= 0.6 is 0 Å². The normalized spacial score (nSPS) is 11.3. The molecule has 0 aromatic carbocycles. The van der Waals surface area contributed by atoms with Crippen LogP contribution in [0.2, 0.25) is 0 Å². The second-order valence-corrected chi connectivity index (χ2v) is 4.47. The third-order valence-electron chi connectivity index (χ3n) is 1.31. The summed E-state index contributed by atoms with van der Waals surface area (Å²) in [5.74, 6) is -1.13. The van der Waals surface area contributed by atoms with Crippen molar-refractivity contribution in [2.24, 2.45) is 0 Å². The smallest absolute Gasteiger partial charge is 0.747 e. The predicted molar refractivity (Wildman–Crippen MR) is 40.1 cm³/mol. The summed E-state index contributed by atoms with van der Waals surface area (Å²) in [6.07, 6.45) is 0.773. The van der Waals surface area contributed by atoms with Crippen LogP contribution in [0, 0.1) is 0 Å². The number of ether oxygens (including phenoxy) is 1. The molecule has 0 saturated carbocycles. The summed E-state index contributed by atoms with van der Waals surface area (Å²) in [4.78, 5) is 10.8. The van der Waals surface area contributed by atoms with Crippen molar-refractivity contribution >= 4 is 16.1 Å². The van der Waals surface area contributed by atoms with Gasteiger partial charge in [0.15, 0.2) is 4.75 Å². The first-order valence-electron chi connectivity index (χ1n) is 3.01. The van der Waals surface area contributed by atoms with Crippen LogP contribution in [0.4, 0.5) is 0 Å². The summed E-state index contributed by atoms with van der Waals surface area (Å²) in [5, 5.41) is 0. The maximum atomic E-state index is 10.8. The fourth-order valence-corrected chi connectivity index (χ4v) is 0.572. The van der Waals surface area contributed by atoms with Crippen molar-refractivity contribution in [3.05, 3.63) is 12.8 Å². The first-order chi connectivity index (χ1) is 5.23. The summed E-state index contributed by atoms with van der Waals surface area (Å²) in [6.45, 7) is 5.00. The average molecular weight is 232 g/mol. The molecular formula is C6H9KO5S. The molecule has 0 N–H and O–H groups in total. The van der Waals surface area contributed by atoms with E-state index in [4.69, 9.17) is 0 Å². The molecule has 0 saturated heterocycles. The molecule has 70 valence electrons. The Hall–Kier alpha value is 0.756. The van der Waals surface area contributed by atoms with E-state index in [-0.39, 0.29) is 51.4 Å². The SMILES string of the molecule is C=COC(=O)C(C)(C)S(=O)(=O)[O-].[K+]. The maximum Gasteiger partial charge on any atom is 1.00 e. The predicted octanol–water partition coefficient (Wildman–Crippen LogP) is -3.00. The van der Waals surface area contributed by atoms with Gasteiger partial charge in [-0.1, -0.05) is 6.58 Å². The summed E-state index contributed by atoms with van der Waals surface area (Å²) in [7, 11) is -4.70. The van der Waals surface area contributed by atoms with Crippen molar-refractivity contribution in [1.82, 2.24) is 0 Å². The average Bonchev–Trinajstić information content (AvgIpc) is 1.85. The second-order valence-electron chi connectivity index (χ2n) is 2.54. The van der Waals surface area contributed by atoms with E-state index in [1.807, 2.05) is 0 Å². The maximum absolute atomic E-state index is 10.8. The minimum Gasteiger partial charge on any atom is -0.747 e. The van der Waals surface area contributed by atoms with Gasteiger partial charge < -0.3 is 9.29 Å². The van der Waals surface area contributed by atoms with Crippen molar-refractivity contribution in [3.63, 3.8) is 0 Å². The van der Waals surface area contributed by atoms with E-state index in [0.29, 0.717) is 0 Å². The van der Waals surface area contributed by atoms with Crippen LogP contribution in [-0.4, -0.2) is 23.7 Å². The topological polar surface area (TPSA) is 83.5 Å². The fourth-order valence-electron chi connectivity index (χ4n) is 0.320. The molecule has 0 bridgehead atoms. The van der Waals surface area contributed by atoms with Crippen LogP contribution in [0.25, 0.3) is 0 Å². The van der Waals surface area contributed by atoms with Gasteiger partial charge >= 0.3 is 57.4 Å². The van der Waals surface area contributed by atoms with E-state index in [9.17, 15) is 17.8 Å². The molecule has 0 radical (unpaired) electrons. The zero-order chi connectivity index (χ0) is 9.99. The Balaban J connectivity index is 0. The molecule has 0 aromatic rings. The molecule has 0 spiro atoms. The van der Waals surface area contributed by atoms with Crippen LogP contribution in [0.1, 0.15) is 13.8 Å². The standard InChI is InChI=1S/C6H10O5S.K/c1-4-11-5(7)6(2,3)12(8,9)10;/h4H,1H2,2-3H3,(H,8,9,10);/q;+1/p-1. The summed E-state index contributed by atoms with van der Waals surface area (Å²) >= 11 is 0. The third kappa shape index (κ3) is 4.20. The van der Waals surface area contributed by atoms with Crippen molar-refractivity contribution in [2.75, 3.05) is 0 Å². The van der Waals surface area contributed by atoms with Gasteiger partial charge in [0.2, 0.25) is 0 Å². The van der Waals surface area contributed by atoms with E-state index in [1.165, 1.54) is 0 Å². The number of hydrogen-bond donors (Lipinski definition) is 0. The summed E-state index contributed by atoms with van der Waals surface area (Å²) in [5.41, 5.74) is 0. The van der Waals surface area contributed by atoms with E-state index in [1.54, 1.807) is 0 Å². The number of rotatable bonds is 3. The Bertz CT molecular complexity index is 292. The molecule has 7 heteroatoms. The summed E-state index contributed by atoms with van der Waals surface area (Å²) in [6, 6.07) is 0. The van der Waals surface area contributed by atoms with Crippen molar-refractivity contribution in [2.45, 2.75) is 18.6 Å². The van der Waals surface area contributed by atoms with E-state index in [2.05, 4.69) is 11.3 Å². The third-order valence-corrected chi connectivity index (χ3v) is 2.72. The molecule has 0 atom stereocenters. The monoisotopic (exact) mass is 232 g/mol. The van der Waals surface area contributed by atoms with E-state index in [0.717, 1.165) is 20.1 Å². The van der Waals surface area contributed by atoms with Crippen molar-refractivity contribution in [1.29, 1.82) is 0 Å². The Morgan fingerprint density at radius 1 is 1.54 bits per heavy atom. The van der Waals surface area contributed by atoms with E-state index >= 15 is 0 Å². The van der Waals surface area contributed by atoms with Crippen LogP contribution < -0.4 is 51.4 Å². The van der Waals surface area contributed by atoms with Crippen LogP contribution in [0.5, 0.6) is 0 Å². The Morgan fingerprint density at radius 2 is 1.92 bits per heavy atom. The van der Waals surface area contributed by atoms with Crippen molar-refractivity contribution in [3.8, 4) is 0 Å².